The largest absolute Gasteiger partial charge is 0.377 e. The summed E-state index contributed by atoms with van der Waals surface area (Å²) in [5, 5.41) is 3.40. The third kappa shape index (κ3) is 6.61. The van der Waals surface area contributed by atoms with Gasteiger partial charge in [0.15, 0.2) is 5.96 Å². The maximum atomic E-state index is 6.08. The van der Waals surface area contributed by atoms with Crippen LogP contribution >= 0.6 is 0 Å². The van der Waals surface area contributed by atoms with Crippen LogP contribution in [-0.4, -0.2) is 18.6 Å². The highest BCUT2D eigenvalue weighted by Gasteiger charge is 2.12. The Morgan fingerprint density at radius 2 is 1.87 bits per heavy atom. The summed E-state index contributed by atoms with van der Waals surface area (Å²) in [6.45, 7) is 4.17. The van der Waals surface area contributed by atoms with Crippen LogP contribution in [0.5, 0.6) is 0 Å². The highest BCUT2D eigenvalue weighted by molar-refractivity contribution is 5.78. The molecule has 1 aromatic carbocycles. The first-order chi connectivity index (χ1) is 11.3. The maximum absolute atomic E-state index is 6.08. The van der Waals surface area contributed by atoms with Crippen LogP contribution in [0.15, 0.2) is 29.3 Å². The monoisotopic (exact) mass is 317 g/mol. The smallest absolute Gasteiger partial charge is 0.189 e. The van der Waals surface area contributed by atoms with Crippen molar-refractivity contribution in [3.05, 3.63) is 35.4 Å². The molecule has 1 saturated carbocycles. The Morgan fingerprint density at radius 3 is 2.57 bits per heavy atom. The Bertz CT molecular complexity index is 479. The first-order valence-corrected chi connectivity index (χ1v) is 9.00. The van der Waals surface area contributed by atoms with Gasteiger partial charge in [0.1, 0.15) is 0 Å². The minimum atomic E-state index is 0.490. The number of nitrogens with one attached hydrogen (secondary N) is 1. The Hall–Kier alpha value is -1.55. The predicted octanol–water partition coefficient (Wildman–Crippen LogP) is 3.74. The van der Waals surface area contributed by atoms with E-state index in [1.165, 1.54) is 49.7 Å². The van der Waals surface area contributed by atoms with E-state index in [1.54, 1.807) is 0 Å². The van der Waals surface area contributed by atoms with E-state index in [-0.39, 0.29) is 0 Å². The van der Waals surface area contributed by atoms with Crippen molar-refractivity contribution in [2.45, 2.75) is 71.1 Å². The molecule has 2 rings (SSSR count). The average molecular weight is 317 g/mol. The first-order valence-electron chi connectivity index (χ1n) is 9.00. The lowest BCUT2D eigenvalue weighted by Crippen LogP contribution is -2.39. The zero-order valence-corrected chi connectivity index (χ0v) is 14.4. The van der Waals surface area contributed by atoms with Crippen molar-refractivity contribution in [1.82, 2.24) is 5.32 Å². The second-order valence-electron chi connectivity index (χ2n) is 6.36. The summed E-state index contributed by atoms with van der Waals surface area (Å²) in [7, 11) is 0. The lowest BCUT2D eigenvalue weighted by atomic mass is 10.1. The van der Waals surface area contributed by atoms with Gasteiger partial charge in [0.05, 0.1) is 13.2 Å². The van der Waals surface area contributed by atoms with E-state index in [1.807, 2.05) is 12.1 Å². The number of hydrogen-bond acceptors (Lipinski definition) is 2. The fourth-order valence-corrected chi connectivity index (χ4v) is 3.03. The van der Waals surface area contributed by atoms with Crippen molar-refractivity contribution < 1.29 is 4.74 Å². The lowest BCUT2D eigenvalue weighted by Gasteiger charge is -2.17. The van der Waals surface area contributed by atoms with E-state index in [4.69, 9.17) is 10.5 Å². The molecule has 4 heteroatoms. The minimum Gasteiger partial charge on any atom is -0.377 e. The summed E-state index contributed by atoms with van der Waals surface area (Å²) < 4.78 is 5.66. The summed E-state index contributed by atoms with van der Waals surface area (Å²) in [4.78, 5) is 4.54. The second kappa shape index (κ2) is 10.3. The molecule has 0 radical (unpaired) electrons. The highest BCUT2D eigenvalue weighted by atomic mass is 16.5. The van der Waals surface area contributed by atoms with Crippen LogP contribution in [0.1, 0.15) is 63.0 Å². The van der Waals surface area contributed by atoms with E-state index in [2.05, 4.69) is 29.4 Å². The third-order valence-corrected chi connectivity index (χ3v) is 4.35. The number of benzene rings is 1. The Kier molecular flexibility index (Phi) is 7.95. The Balaban J connectivity index is 1.87. The fraction of sp³-hybridized carbons (Fsp3) is 0.632. The molecule has 128 valence electrons. The molecule has 0 aromatic heterocycles. The topological polar surface area (TPSA) is 59.6 Å². The zero-order chi connectivity index (χ0) is 16.3. The van der Waals surface area contributed by atoms with Gasteiger partial charge in [-0.1, -0.05) is 56.9 Å². The van der Waals surface area contributed by atoms with Gasteiger partial charge in [-0.15, -0.1) is 0 Å². The third-order valence-electron chi connectivity index (χ3n) is 4.35. The second-order valence-corrected chi connectivity index (χ2v) is 6.36. The summed E-state index contributed by atoms with van der Waals surface area (Å²) in [6.07, 6.45) is 8.74. The first kappa shape index (κ1) is 17.8. The normalized spacial score (nSPS) is 17.0. The van der Waals surface area contributed by atoms with Gasteiger partial charge in [-0.25, -0.2) is 4.99 Å². The molecule has 4 nitrogen and oxygen atoms in total. The molecule has 1 aliphatic rings. The quantitative estimate of drug-likeness (QED) is 0.348. The molecule has 0 spiro atoms. The van der Waals surface area contributed by atoms with Gasteiger partial charge in [-0.3, -0.25) is 0 Å². The van der Waals surface area contributed by atoms with Crippen molar-refractivity contribution >= 4 is 5.96 Å². The van der Waals surface area contributed by atoms with Crippen LogP contribution < -0.4 is 11.1 Å². The molecule has 0 unspecified atom stereocenters. The van der Waals surface area contributed by atoms with Crippen molar-refractivity contribution in [2.24, 2.45) is 10.7 Å². The number of nitrogens with two attached hydrogens (primary N) is 1. The molecule has 0 bridgehead atoms. The van der Waals surface area contributed by atoms with Gasteiger partial charge >= 0.3 is 0 Å². The molecule has 0 aliphatic heterocycles. The van der Waals surface area contributed by atoms with Crippen LogP contribution in [0.4, 0.5) is 0 Å². The van der Waals surface area contributed by atoms with Crippen molar-refractivity contribution in [3.8, 4) is 0 Å². The summed E-state index contributed by atoms with van der Waals surface area (Å²) in [5.74, 6) is 0.571. The number of ether oxygens (including phenoxy) is 1. The van der Waals surface area contributed by atoms with Crippen molar-refractivity contribution in [1.29, 1.82) is 0 Å². The molecule has 3 N–H and O–H groups in total. The summed E-state index contributed by atoms with van der Waals surface area (Å²) in [6, 6.07) is 8.79. The molecule has 1 fully saturated rings. The molecule has 23 heavy (non-hydrogen) atoms. The van der Waals surface area contributed by atoms with Crippen LogP contribution in [0.3, 0.4) is 0 Å². The summed E-state index contributed by atoms with van der Waals surface area (Å²) in [5.41, 5.74) is 8.47. The number of hydrogen-bond donors (Lipinski definition) is 2. The molecule has 0 saturated heterocycles. The number of nitrogens with zero attached hydrogens (tertiary/aromatic N) is 1. The lowest BCUT2D eigenvalue weighted by molar-refractivity contribution is 0.121. The van der Waals surface area contributed by atoms with Gasteiger partial charge in [0.25, 0.3) is 0 Å². The number of rotatable bonds is 7. The molecule has 1 aliphatic carbocycles. The molecular formula is C19H31N3O. The molecule has 0 heterocycles. The Morgan fingerprint density at radius 1 is 1.17 bits per heavy atom. The predicted molar refractivity (Wildman–Crippen MR) is 96.3 cm³/mol. The molecule has 0 amide bonds. The van der Waals surface area contributed by atoms with Gasteiger partial charge in [0.2, 0.25) is 0 Å². The van der Waals surface area contributed by atoms with E-state index in [0.717, 1.165) is 13.0 Å². The highest BCUT2D eigenvalue weighted by Crippen LogP contribution is 2.17. The van der Waals surface area contributed by atoms with Crippen LogP contribution in [0, 0.1) is 0 Å². The Labute approximate surface area is 140 Å². The van der Waals surface area contributed by atoms with Crippen LogP contribution in [-0.2, 0) is 17.9 Å². The van der Waals surface area contributed by atoms with E-state index >= 15 is 0 Å². The summed E-state index contributed by atoms with van der Waals surface area (Å²) >= 11 is 0. The number of guanidine groups is 1. The number of aliphatic imine (C=N–C) groups is 1. The molecular weight excluding hydrogens is 286 g/mol. The van der Waals surface area contributed by atoms with Gasteiger partial charge in [-0.2, -0.15) is 0 Å². The standard InChI is InChI=1S/C19H31N3O/c1-2-13-23-15-17-10-8-7-9-16(17)14-21-19(20)22-18-11-5-3-4-6-12-18/h7-10,18H,2-6,11-15H2,1H3,(H3,20,21,22). The van der Waals surface area contributed by atoms with Gasteiger partial charge < -0.3 is 15.8 Å². The maximum Gasteiger partial charge on any atom is 0.189 e. The van der Waals surface area contributed by atoms with Gasteiger partial charge in [0, 0.05) is 12.6 Å². The average Bonchev–Trinajstić information content (AvgIpc) is 2.83. The van der Waals surface area contributed by atoms with Crippen LogP contribution in [0.25, 0.3) is 0 Å². The molecule has 0 atom stereocenters. The van der Waals surface area contributed by atoms with Gasteiger partial charge in [-0.05, 0) is 30.4 Å². The zero-order valence-electron chi connectivity index (χ0n) is 14.4. The molecule has 1 aromatic rings. The van der Waals surface area contributed by atoms with E-state index in [9.17, 15) is 0 Å². The SMILES string of the molecule is CCCOCc1ccccc1CN=C(N)NC1CCCCCC1. The van der Waals surface area contributed by atoms with Crippen LogP contribution in [0.2, 0.25) is 0 Å². The fourth-order valence-electron chi connectivity index (χ4n) is 3.03. The van der Waals surface area contributed by atoms with Crippen molar-refractivity contribution in [2.75, 3.05) is 6.61 Å². The van der Waals surface area contributed by atoms with Crippen molar-refractivity contribution in [3.63, 3.8) is 0 Å². The van der Waals surface area contributed by atoms with E-state index in [0.29, 0.717) is 25.2 Å². The minimum absolute atomic E-state index is 0.490. The van der Waals surface area contributed by atoms with E-state index < -0.39 is 0 Å².